The molecule has 0 spiro atoms. The summed E-state index contributed by atoms with van der Waals surface area (Å²) in [6.45, 7) is 1.74. The summed E-state index contributed by atoms with van der Waals surface area (Å²) in [7, 11) is 0. The second-order valence-electron chi connectivity index (χ2n) is 13.0. The third-order valence-corrected chi connectivity index (χ3v) is 11.7. The number of hydrogen-bond donors (Lipinski definition) is 2. The second kappa shape index (κ2) is 11.5. The largest absolute Gasteiger partial charge is 0.489 e. The van der Waals surface area contributed by atoms with Crippen molar-refractivity contribution in [2.45, 2.75) is 68.8 Å². The number of nitrogens with zero attached hydrogens (tertiary/aromatic N) is 5. The number of thiophene rings is 1. The SMILES string of the molecule is N#Cc1c(N)sc2c(F)ccc(-c3c(Cl)c4c5c(nc(OC[C@@]67CCCN6C[C@H](F)C7)nc5c3F)N(C3CCCCC3O)CCO4)c12. The minimum absolute atomic E-state index is 0.0230. The van der Waals surface area contributed by atoms with Crippen molar-refractivity contribution >= 4 is 54.7 Å². The Labute approximate surface area is 277 Å². The quantitative estimate of drug-likeness (QED) is 0.248. The van der Waals surface area contributed by atoms with Crippen LogP contribution in [0.15, 0.2) is 12.1 Å². The molecule has 47 heavy (non-hydrogen) atoms. The molecule has 9 nitrogen and oxygen atoms in total. The summed E-state index contributed by atoms with van der Waals surface area (Å²) >= 11 is 7.91. The van der Waals surface area contributed by atoms with E-state index in [0.717, 1.165) is 43.6 Å². The lowest BCUT2D eigenvalue weighted by Gasteiger charge is -2.38. The highest BCUT2D eigenvalue weighted by Gasteiger charge is 2.49. The standard InChI is InChI=1S/C33H32ClF3N6O3S/c34-25-23(17-6-7-19(36)29-22(17)18(13-38)30(39)47-29)26(37)27-24-28(25)45-11-10-43(20-4-1-2-5-21(20)44)31(24)41-32(40-27)46-15-33-8-3-9-42(33)14-16(35)12-33/h6-7,16,20-21,44H,1-5,8-12,14-15,39H2/t16-,20?,21?,33+/m1/s1. The molecule has 4 aromatic rings. The number of anilines is 2. The van der Waals surface area contributed by atoms with E-state index in [9.17, 15) is 19.1 Å². The molecule has 246 valence electrons. The van der Waals surface area contributed by atoms with Gasteiger partial charge in [0.25, 0.3) is 0 Å². The highest BCUT2D eigenvalue weighted by molar-refractivity contribution is 7.23. The highest BCUT2D eigenvalue weighted by atomic mass is 35.5. The molecule has 2 aromatic carbocycles. The Morgan fingerprint density at radius 1 is 1.19 bits per heavy atom. The highest BCUT2D eigenvalue weighted by Crippen LogP contribution is 2.51. The number of halogens is 4. The van der Waals surface area contributed by atoms with Gasteiger partial charge < -0.3 is 25.2 Å². The number of fused-ring (bicyclic) bond motifs is 2. The van der Waals surface area contributed by atoms with Crippen LogP contribution in [0, 0.1) is 23.0 Å². The first-order valence-corrected chi connectivity index (χ1v) is 17.1. The van der Waals surface area contributed by atoms with E-state index in [2.05, 4.69) is 9.88 Å². The first kappa shape index (κ1) is 30.7. The third-order valence-electron chi connectivity index (χ3n) is 10.3. The zero-order valence-electron chi connectivity index (χ0n) is 25.4. The van der Waals surface area contributed by atoms with Crippen LogP contribution in [-0.2, 0) is 0 Å². The summed E-state index contributed by atoms with van der Waals surface area (Å²) in [6, 6.07) is 4.19. The molecular formula is C33H32ClF3N6O3S. The van der Waals surface area contributed by atoms with Crippen molar-refractivity contribution in [2.75, 3.05) is 43.5 Å². The Kier molecular flexibility index (Phi) is 7.55. The van der Waals surface area contributed by atoms with Crippen molar-refractivity contribution in [3.05, 3.63) is 34.4 Å². The average molecular weight is 685 g/mol. The lowest BCUT2D eigenvalue weighted by Crippen LogP contribution is -2.47. The van der Waals surface area contributed by atoms with Crippen LogP contribution in [0.25, 0.3) is 32.1 Å². The van der Waals surface area contributed by atoms with E-state index >= 15 is 4.39 Å². The molecular weight excluding hydrogens is 653 g/mol. The van der Waals surface area contributed by atoms with Crippen LogP contribution >= 0.6 is 22.9 Å². The smallest absolute Gasteiger partial charge is 0.319 e. The second-order valence-corrected chi connectivity index (χ2v) is 14.4. The molecule has 2 unspecified atom stereocenters. The number of aromatic nitrogens is 2. The van der Waals surface area contributed by atoms with Crippen molar-refractivity contribution in [1.82, 2.24) is 14.9 Å². The van der Waals surface area contributed by atoms with E-state index in [1.54, 1.807) is 0 Å². The minimum Gasteiger partial charge on any atom is -0.489 e. The molecule has 1 aliphatic carbocycles. The molecule has 1 saturated carbocycles. The van der Waals surface area contributed by atoms with Crippen LogP contribution in [0.5, 0.6) is 11.8 Å². The maximum atomic E-state index is 17.2. The zero-order valence-corrected chi connectivity index (χ0v) is 26.9. The molecule has 3 aliphatic heterocycles. The van der Waals surface area contributed by atoms with Crippen molar-refractivity contribution in [1.29, 1.82) is 5.26 Å². The van der Waals surface area contributed by atoms with Crippen LogP contribution in [0.4, 0.5) is 24.0 Å². The molecule has 3 N–H and O–H groups in total. The number of nitrogen functional groups attached to an aromatic ring is 1. The van der Waals surface area contributed by atoms with Crippen molar-refractivity contribution in [3.8, 4) is 29.0 Å². The summed E-state index contributed by atoms with van der Waals surface area (Å²) in [4.78, 5) is 13.4. The lowest BCUT2D eigenvalue weighted by atomic mass is 9.91. The predicted molar refractivity (Wildman–Crippen MR) is 174 cm³/mol. The molecule has 0 bridgehead atoms. The molecule has 0 amide bonds. The third kappa shape index (κ3) is 4.78. The molecule has 8 rings (SSSR count). The van der Waals surface area contributed by atoms with Gasteiger partial charge in [0.1, 0.15) is 47.6 Å². The van der Waals surface area contributed by atoms with Crippen molar-refractivity contribution in [3.63, 3.8) is 0 Å². The number of aliphatic hydroxyl groups excluding tert-OH is 1. The molecule has 2 saturated heterocycles. The van der Waals surface area contributed by atoms with Gasteiger partial charge in [0, 0.05) is 23.9 Å². The number of ether oxygens (including phenoxy) is 2. The van der Waals surface area contributed by atoms with Crippen LogP contribution < -0.4 is 20.1 Å². The Bertz CT molecular complexity index is 1970. The Morgan fingerprint density at radius 2 is 2.02 bits per heavy atom. The monoisotopic (exact) mass is 684 g/mol. The summed E-state index contributed by atoms with van der Waals surface area (Å²) in [5.41, 5.74) is 5.54. The number of benzene rings is 2. The first-order chi connectivity index (χ1) is 22.7. The van der Waals surface area contributed by atoms with Crippen molar-refractivity contribution < 1.29 is 27.8 Å². The molecule has 4 atom stereocenters. The Balaban J connectivity index is 1.35. The molecule has 2 aromatic heterocycles. The van der Waals surface area contributed by atoms with Gasteiger partial charge in [0.05, 0.1) is 44.9 Å². The van der Waals surface area contributed by atoms with E-state index in [4.69, 9.17) is 31.8 Å². The minimum atomic E-state index is -0.955. The van der Waals surface area contributed by atoms with Crippen LogP contribution in [0.3, 0.4) is 0 Å². The van der Waals surface area contributed by atoms with Gasteiger partial charge >= 0.3 is 6.01 Å². The average Bonchev–Trinajstić information content (AvgIpc) is 3.65. The number of aliphatic hydroxyl groups is 1. The van der Waals surface area contributed by atoms with Crippen LogP contribution in [0.1, 0.15) is 50.5 Å². The van der Waals surface area contributed by atoms with Gasteiger partial charge in [-0.2, -0.15) is 15.2 Å². The molecule has 4 aliphatic rings. The van der Waals surface area contributed by atoms with E-state index in [1.807, 2.05) is 11.0 Å². The van der Waals surface area contributed by atoms with Gasteiger partial charge in [-0.1, -0.05) is 30.5 Å². The lowest BCUT2D eigenvalue weighted by molar-refractivity contribution is 0.101. The van der Waals surface area contributed by atoms with Gasteiger partial charge in [-0.25, -0.2) is 13.2 Å². The maximum absolute atomic E-state index is 17.2. The van der Waals surface area contributed by atoms with Crippen molar-refractivity contribution in [2.24, 2.45) is 0 Å². The normalized spacial score (nSPS) is 26.0. The number of rotatable bonds is 5. The molecule has 0 radical (unpaired) electrons. The van der Waals surface area contributed by atoms with Gasteiger partial charge in [0.2, 0.25) is 0 Å². The Hall–Kier alpha value is -3.57. The topological polar surface area (TPSA) is 121 Å². The maximum Gasteiger partial charge on any atom is 0.319 e. The predicted octanol–water partition coefficient (Wildman–Crippen LogP) is 6.35. The summed E-state index contributed by atoms with van der Waals surface area (Å²) < 4.78 is 59.2. The summed E-state index contributed by atoms with van der Waals surface area (Å²) in [6.07, 6.45) is 3.57. The number of nitrogens with two attached hydrogens (primary N) is 1. The van der Waals surface area contributed by atoms with Gasteiger partial charge in [-0.15, -0.1) is 11.3 Å². The fraction of sp³-hybridized carbons (Fsp3) is 0.485. The number of alkyl halides is 1. The number of hydrogen-bond acceptors (Lipinski definition) is 10. The van der Waals surface area contributed by atoms with Gasteiger partial charge in [0.15, 0.2) is 11.6 Å². The molecule has 3 fully saturated rings. The fourth-order valence-corrected chi connectivity index (χ4v) is 9.45. The summed E-state index contributed by atoms with van der Waals surface area (Å²) in [5, 5.41) is 21.4. The van der Waals surface area contributed by atoms with E-state index < -0.39 is 29.4 Å². The van der Waals surface area contributed by atoms with Gasteiger partial charge in [-0.05, 0) is 43.9 Å². The van der Waals surface area contributed by atoms with E-state index in [-0.39, 0.29) is 78.7 Å². The Morgan fingerprint density at radius 3 is 2.83 bits per heavy atom. The zero-order chi connectivity index (χ0) is 32.6. The van der Waals surface area contributed by atoms with E-state index in [1.165, 1.54) is 12.1 Å². The van der Waals surface area contributed by atoms with Gasteiger partial charge in [-0.3, -0.25) is 4.90 Å². The van der Waals surface area contributed by atoms with E-state index in [0.29, 0.717) is 38.2 Å². The fourth-order valence-electron chi connectivity index (χ4n) is 8.17. The first-order valence-electron chi connectivity index (χ1n) is 15.9. The number of nitriles is 1. The van der Waals surface area contributed by atoms with Crippen LogP contribution in [-0.4, -0.2) is 76.7 Å². The molecule has 14 heteroatoms. The summed E-state index contributed by atoms with van der Waals surface area (Å²) in [5.74, 6) is -0.960. The molecule has 5 heterocycles. The van der Waals surface area contributed by atoms with Crippen LogP contribution in [0.2, 0.25) is 5.02 Å².